The first kappa shape index (κ1) is 20.8. The van der Waals surface area contributed by atoms with Crippen molar-refractivity contribution < 1.29 is 17.9 Å². The lowest BCUT2D eigenvalue weighted by atomic mass is 10.0. The largest absolute Gasteiger partial charge is 0.382 e. The van der Waals surface area contributed by atoms with E-state index < -0.39 is 10.0 Å². The van der Waals surface area contributed by atoms with E-state index in [1.807, 2.05) is 0 Å². The monoisotopic (exact) mass is 351 g/mol. The summed E-state index contributed by atoms with van der Waals surface area (Å²) in [6.45, 7) is 13.0. The van der Waals surface area contributed by atoms with Crippen molar-refractivity contribution in [1.82, 2.24) is 14.5 Å². The number of hydrogen-bond donors (Lipinski definition) is 1. The fourth-order valence-electron chi connectivity index (χ4n) is 2.55. The summed E-state index contributed by atoms with van der Waals surface area (Å²) in [5.41, 5.74) is -0.191. The summed E-state index contributed by atoms with van der Waals surface area (Å²) in [6.07, 6.45) is 0. The Balaban J connectivity index is 2.33. The molecular formula is C15H33N3O4S. The minimum absolute atomic E-state index is 0.0175. The molecule has 0 bridgehead atoms. The predicted molar refractivity (Wildman–Crippen MR) is 92.3 cm³/mol. The second-order valence-electron chi connectivity index (χ2n) is 6.48. The van der Waals surface area contributed by atoms with Crippen molar-refractivity contribution in [3.8, 4) is 0 Å². The topological polar surface area (TPSA) is 71.1 Å². The van der Waals surface area contributed by atoms with Crippen LogP contribution in [0.4, 0.5) is 0 Å². The molecule has 0 amide bonds. The third kappa shape index (κ3) is 7.91. The highest BCUT2D eigenvalue weighted by Gasteiger charge is 2.30. The highest BCUT2D eigenvalue weighted by molar-refractivity contribution is 7.89. The van der Waals surface area contributed by atoms with Gasteiger partial charge in [0.05, 0.1) is 25.6 Å². The number of rotatable bonds is 11. The van der Waals surface area contributed by atoms with Crippen LogP contribution < -0.4 is 4.72 Å². The summed E-state index contributed by atoms with van der Waals surface area (Å²) >= 11 is 0. The van der Waals surface area contributed by atoms with Gasteiger partial charge in [0.15, 0.2) is 0 Å². The first-order valence-electron chi connectivity index (χ1n) is 8.32. The molecule has 0 aromatic carbocycles. The van der Waals surface area contributed by atoms with Gasteiger partial charge in [0.2, 0.25) is 10.0 Å². The zero-order valence-corrected chi connectivity index (χ0v) is 15.8. The van der Waals surface area contributed by atoms with Crippen LogP contribution in [-0.2, 0) is 19.5 Å². The van der Waals surface area contributed by atoms with Gasteiger partial charge in [0, 0.05) is 45.4 Å². The molecule has 0 atom stereocenters. The zero-order chi connectivity index (χ0) is 17.3. The Morgan fingerprint density at radius 1 is 1.09 bits per heavy atom. The Morgan fingerprint density at radius 3 is 2.30 bits per heavy atom. The summed E-state index contributed by atoms with van der Waals surface area (Å²) in [5.74, 6) is -0.0175. The smallest absolute Gasteiger partial charge is 0.213 e. The Morgan fingerprint density at radius 2 is 1.74 bits per heavy atom. The summed E-state index contributed by atoms with van der Waals surface area (Å²) in [7, 11) is -1.72. The molecule has 0 unspecified atom stereocenters. The lowest BCUT2D eigenvalue weighted by molar-refractivity contribution is 0.0570. The molecule has 7 nitrogen and oxygen atoms in total. The fraction of sp³-hybridized carbons (Fsp3) is 1.00. The van der Waals surface area contributed by atoms with Gasteiger partial charge >= 0.3 is 0 Å². The highest BCUT2D eigenvalue weighted by atomic mass is 32.2. The molecular weight excluding hydrogens is 318 g/mol. The van der Waals surface area contributed by atoms with E-state index in [1.54, 1.807) is 7.11 Å². The van der Waals surface area contributed by atoms with Crippen molar-refractivity contribution in [3.05, 3.63) is 0 Å². The highest BCUT2D eigenvalue weighted by Crippen LogP contribution is 2.16. The first-order valence-corrected chi connectivity index (χ1v) is 9.97. The quantitative estimate of drug-likeness (QED) is 0.528. The maximum Gasteiger partial charge on any atom is 0.213 e. The zero-order valence-electron chi connectivity index (χ0n) is 15.0. The van der Waals surface area contributed by atoms with E-state index in [1.165, 1.54) is 0 Å². The third-order valence-electron chi connectivity index (χ3n) is 4.33. The summed E-state index contributed by atoms with van der Waals surface area (Å²) in [4.78, 5) is 4.77. The van der Waals surface area contributed by atoms with Crippen LogP contribution in [0.5, 0.6) is 0 Å². The molecule has 1 heterocycles. The maximum absolute atomic E-state index is 12.0. The van der Waals surface area contributed by atoms with Crippen LogP contribution >= 0.6 is 0 Å². The molecule has 0 saturated carbocycles. The Kier molecular flexibility index (Phi) is 8.95. The molecule has 0 radical (unpaired) electrons. The van der Waals surface area contributed by atoms with Crippen molar-refractivity contribution in [2.45, 2.75) is 26.3 Å². The van der Waals surface area contributed by atoms with Gasteiger partial charge in [-0.15, -0.1) is 0 Å². The van der Waals surface area contributed by atoms with Gasteiger partial charge in [-0.3, -0.25) is 4.90 Å². The Bertz CT molecular complexity index is 420. The molecule has 1 rings (SSSR count). The van der Waals surface area contributed by atoms with Crippen LogP contribution in [-0.4, -0.2) is 95.7 Å². The number of sulfonamides is 1. The summed E-state index contributed by atoms with van der Waals surface area (Å²) in [5, 5.41) is 0. The van der Waals surface area contributed by atoms with E-state index in [9.17, 15) is 8.42 Å². The lowest BCUT2D eigenvalue weighted by Gasteiger charge is -2.44. The molecule has 8 heteroatoms. The second kappa shape index (κ2) is 9.90. The van der Waals surface area contributed by atoms with Gasteiger partial charge in [-0.05, 0) is 20.4 Å². The number of nitrogens with zero attached hydrogens (tertiary/aromatic N) is 2. The van der Waals surface area contributed by atoms with Gasteiger partial charge in [-0.2, -0.15) is 0 Å². The van der Waals surface area contributed by atoms with E-state index in [4.69, 9.17) is 9.47 Å². The molecule has 23 heavy (non-hydrogen) atoms. The van der Waals surface area contributed by atoms with Crippen molar-refractivity contribution in [3.63, 3.8) is 0 Å². The molecule has 1 aliphatic heterocycles. The van der Waals surface area contributed by atoms with Gasteiger partial charge in [0.1, 0.15) is 0 Å². The average Bonchev–Trinajstić information content (AvgIpc) is 2.53. The van der Waals surface area contributed by atoms with Crippen molar-refractivity contribution in [1.29, 1.82) is 0 Å². The standard InChI is InChI=1S/C15H33N3O4S/c1-5-17-6-8-18(9-7-17)15(2,3)14-16-23(19,20)13-12-22-11-10-21-4/h16H,5-14H2,1-4H3. The molecule has 1 saturated heterocycles. The second-order valence-corrected chi connectivity index (χ2v) is 8.41. The van der Waals surface area contributed by atoms with Crippen molar-refractivity contribution in [2.24, 2.45) is 0 Å². The number of ether oxygens (including phenoxy) is 2. The third-order valence-corrected chi connectivity index (χ3v) is 5.62. The molecule has 0 aromatic heterocycles. The van der Waals surface area contributed by atoms with Crippen LogP contribution in [0.3, 0.4) is 0 Å². The number of hydrogen-bond acceptors (Lipinski definition) is 6. The maximum atomic E-state index is 12.0. The number of methoxy groups -OCH3 is 1. The van der Waals surface area contributed by atoms with E-state index in [-0.39, 0.29) is 17.9 Å². The van der Waals surface area contributed by atoms with E-state index in [2.05, 4.69) is 35.3 Å². The lowest BCUT2D eigenvalue weighted by Crippen LogP contribution is -2.58. The van der Waals surface area contributed by atoms with E-state index in [0.29, 0.717) is 19.8 Å². The normalized spacial score (nSPS) is 18.4. The number of nitrogens with one attached hydrogen (secondary N) is 1. The SMILES string of the molecule is CCN1CCN(C(C)(C)CNS(=O)(=O)CCOCCOC)CC1. The fourth-order valence-corrected chi connectivity index (χ4v) is 3.61. The van der Waals surface area contributed by atoms with Gasteiger partial charge in [-0.25, -0.2) is 13.1 Å². The van der Waals surface area contributed by atoms with Crippen LogP contribution in [0.25, 0.3) is 0 Å². The molecule has 0 spiro atoms. The van der Waals surface area contributed by atoms with Gasteiger partial charge < -0.3 is 14.4 Å². The van der Waals surface area contributed by atoms with Crippen molar-refractivity contribution >= 4 is 10.0 Å². The molecule has 138 valence electrons. The van der Waals surface area contributed by atoms with Crippen LogP contribution in [0.15, 0.2) is 0 Å². The Labute approximate surface area is 141 Å². The summed E-state index contributed by atoms with van der Waals surface area (Å²) < 4.78 is 36.9. The summed E-state index contributed by atoms with van der Waals surface area (Å²) in [6, 6.07) is 0. The molecule has 0 aliphatic carbocycles. The first-order chi connectivity index (χ1) is 10.8. The van der Waals surface area contributed by atoms with Crippen LogP contribution in [0.2, 0.25) is 0 Å². The van der Waals surface area contributed by atoms with E-state index >= 15 is 0 Å². The minimum atomic E-state index is -3.31. The number of piperazine rings is 1. The van der Waals surface area contributed by atoms with Crippen molar-refractivity contribution in [2.75, 3.05) is 72.0 Å². The van der Waals surface area contributed by atoms with Crippen LogP contribution in [0.1, 0.15) is 20.8 Å². The van der Waals surface area contributed by atoms with E-state index in [0.717, 1.165) is 32.7 Å². The predicted octanol–water partition coefficient (Wildman–Crippen LogP) is -0.0151. The van der Waals surface area contributed by atoms with Crippen LogP contribution in [0, 0.1) is 0 Å². The Hall–Kier alpha value is -0.250. The molecule has 1 N–H and O–H groups in total. The van der Waals surface area contributed by atoms with Gasteiger partial charge in [-0.1, -0.05) is 6.92 Å². The average molecular weight is 352 g/mol. The van der Waals surface area contributed by atoms with Gasteiger partial charge in [0.25, 0.3) is 0 Å². The number of likely N-dealkylation sites (N-methyl/N-ethyl adjacent to an activating group) is 1. The molecule has 1 aliphatic rings. The minimum Gasteiger partial charge on any atom is -0.382 e. The molecule has 1 fully saturated rings. The molecule has 0 aromatic rings.